The van der Waals surface area contributed by atoms with Gasteiger partial charge in [-0.25, -0.2) is 0 Å². The van der Waals surface area contributed by atoms with Crippen LogP contribution >= 0.6 is 0 Å². The van der Waals surface area contributed by atoms with Crippen molar-refractivity contribution >= 4 is 5.91 Å². The number of piperidine rings is 1. The Morgan fingerprint density at radius 3 is 2.58 bits per heavy atom. The van der Waals surface area contributed by atoms with Gasteiger partial charge in [-0.2, -0.15) is 0 Å². The van der Waals surface area contributed by atoms with Crippen molar-refractivity contribution in [2.75, 3.05) is 19.6 Å². The molecular weight excluding hydrogens is 236 g/mol. The molecule has 0 radical (unpaired) electrons. The standard InChI is InChI=1S/C16H30N2O/c1-3-6-15-9-16(17-13(2)19)12-18(11-15)10-14-7-4-5-8-14/h14-16H,3-12H2,1-2H3,(H,17,19). The van der Waals surface area contributed by atoms with Gasteiger partial charge in [0.15, 0.2) is 0 Å². The second kappa shape index (κ2) is 7.28. The highest BCUT2D eigenvalue weighted by molar-refractivity contribution is 5.73. The Balaban J connectivity index is 1.87. The Kier molecular flexibility index (Phi) is 5.68. The summed E-state index contributed by atoms with van der Waals surface area (Å²) < 4.78 is 0. The van der Waals surface area contributed by atoms with Gasteiger partial charge < -0.3 is 10.2 Å². The van der Waals surface area contributed by atoms with Crippen molar-refractivity contribution in [3.8, 4) is 0 Å². The molecular formula is C16H30N2O. The van der Waals surface area contributed by atoms with Crippen LogP contribution in [0.5, 0.6) is 0 Å². The fourth-order valence-corrected chi connectivity index (χ4v) is 4.02. The summed E-state index contributed by atoms with van der Waals surface area (Å²) in [5.41, 5.74) is 0. The van der Waals surface area contributed by atoms with Gasteiger partial charge in [-0.3, -0.25) is 4.79 Å². The molecule has 1 aliphatic carbocycles. The first-order valence-corrected chi connectivity index (χ1v) is 8.16. The van der Waals surface area contributed by atoms with E-state index >= 15 is 0 Å². The van der Waals surface area contributed by atoms with Crippen molar-refractivity contribution in [1.82, 2.24) is 10.2 Å². The number of hydrogen-bond donors (Lipinski definition) is 1. The molecule has 2 rings (SSSR count). The van der Waals surface area contributed by atoms with Crippen LogP contribution in [0.3, 0.4) is 0 Å². The molecule has 19 heavy (non-hydrogen) atoms. The number of rotatable bonds is 5. The van der Waals surface area contributed by atoms with Crippen LogP contribution in [-0.4, -0.2) is 36.5 Å². The van der Waals surface area contributed by atoms with Crippen LogP contribution in [0.2, 0.25) is 0 Å². The number of hydrogen-bond acceptors (Lipinski definition) is 2. The molecule has 1 N–H and O–H groups in total. The first kappa shape index (κ1) is 14.8. The van der Waals surface area contributed by atoms with E-state index in [0.29, 0.717) is 6.04 Å². The molecule has 0 spiro atoms. The Morgan fingerprint density at radius 2 is 1.95 bits per heavy atom. The number of nitrogens with one attached hydrogen (secondary N) is 1. The van der Waals surface area contributed by atoms with Gasteiger partial charge in [-0.05, 0) is 37.5 Å². The molecule has 3 heteroatoms. The molecule has 0 aromatic heterocycles. The Morgan fingerprint density at radius 1 is 1.21 bits per heavy atom. The van der Waals surface area contributed by atoms with Crippen LogP contribution in [0.4, 0.5) is 0 Å². The lowest BCUT2D eigenvalue weighted by Gasteiger charge is -2.39. The lowest BCUT2D eigenvalue weighted by atomic mass is 9.89. The predicted molar refractivity (Wildman–Crippen MR) is 79.0 cm³/mol. The Bertz CT molecular complexity index is 286. The number of carbonyl (C=O) groups excluding carboxylic acids is 1. The smallest absolute Gasteiger partial charge is 0.217 e. The summed E-state index contributed by atoms with van der Waals surface area (Å²) in [6.07, 6.45) is 9.41. The number of nitrogens with zero attached hydrogens (tertiary/aromatic N) is 1. The average Bonchev–Trinajstić information content (AvgIpc) is 2.81. The lowest BCUT2D eigenvalue weighted by molar-refractivity contribution is -0.120. The zero-order chi connectivity index (χ0) is 13.7. The van der Waals surface area contributed by atoms with Crippen molar-refractivity contribution in [2.24, 2.45) is 11.8 Å². The number of likely N-dealkylation sites (tertiary alicyclic amines) is 1. The topological polar surface area (TPSA) is 32.3 Å². The van der Waals surface area contributed by atoms with Gasteiger partial charge in [0.1, 0.15) is 0 Å². The third-order valence-corrected chi connectivity index (χ3v) is 4.71. The molecule has 1 aliphatic heterocycles. The molecule has 0 aromatic carbocycles. The molecule has 1 saturated carbocycles. The molecule has 0 bridgehead atoms. The summed E-state index contributed by atoms with van der Waals surface area (Å²) in [6.45, 7) is 7.49. The van der Waals surface area contributed by atoms with E-state index in [4.69, 9.17) is 0 Å². The maximum Gasteiger partial charge on any atom is 0.217 e. The summed E-state index contributed by atoms with van der Waals surface area (Å²) in [4.78, 5) is 13.9. The van der Waals surface area contributed by atoms with Gasteiger partial charge in [0.25, 0.3) is 0 Å². The van der Waals surface area contributed by atoms with Gasteiger partial charge in [0, 0.05) is 32.6 Å². The zero-order valence-corrected chi connectivity index (χ0v) is 12.7. The van der Waals surface area contributed by atoms with E-state index in [0.717, 1.165) is 18.4 Å². The van der Waals surface area contributed by atoms with Crippen LogP contribution in [-0.2, 0) is 4.79 Å². The summed E-state index contributed by atoms with van der Waals surface area (Å²) in [7, 11) is 0. The zero-order valence-electron chi connectivity index (χ0n) is 12.7. The van der Waals surface area contributed by atoms with Gasteiger partial charge in [-0.15, -0.1) is 0 Å². The van der Waals surface area contributed by atoms with Crippen LogP contribution in [0.1, 0.15) is 58.8 Å². The van der Waals surface area contributed by atoms with E-state index in [1.807, 2.05) is 0 Å². The molecule has 2 unspecified atom stereocenters. The van der Waals surface area contributed by atoms with E-state index in [1.165, 1.54) is 58.0 Å². The Labute approximate surface area is 118 Å². The van der Waals surface area contributed by atoms with E-state index in [-0.39, 0.29) is 5.91 Å². The van der Waals surface area contributed by atoms with Crippen LogP contribution in [0, 0.1) is 11.8 Å². The molecule has 3 nitrogen and oxygen atoms in total. The first-order valence-electron chi connectivity index (χ1n) is 8.16. The minimum absolute atomic E-state index is 0.128. The number of carbonyl (C=O) groups is 1. The SMILES string of the molecule is CCCC1CC(NC(C)=O)CN(CC2CCCC2)C1. The van der Waals surface area contributed by atoms with Crippen molar-refractivity contribution in [3.05, 3.63) is 0 Å². The van der Waals surface area contributed by atoms with Crippen molar-refractivity contribution < 1.29 is 4.79 Å². The van der Waals surface area contributed by atoms with E-state index < -0.39 is 0 Å². The van der Waals surface area contributed by atoms with E-state index in [9.17, 15) is 4.79 Å². The average molecular weight is 266 g/mol. The predicted octanol–water partition coefficient (Wildman–Crippen LogP) is 2.80. The number of amides is 1. The monoisotopic (exact) mass is 266 g/mol. The summed E-state index contributed by atoms with van der Waals surface area (Å²) in [6, 6.07) is 0.379. The van der Waals surface area contributed by atoms with Crippen LogP contribution in [0.15, 0.2) is 0 Å². The maximum absolute atomic E-state index is 11.3. The van der Waals surface area contributed by atoms with Gasteiger partial charge in [-0.1, -0.05) is 26.2 Å². The van der Waals surface area contributed by atoms with Crippen molar-refractivity contribution in [1.29, 1.82) is 0 Å². The Hall–Kier alpha value is -0.570. The molecule has 1 saturated heterocycles. The fourth-order valence-electron chi connectivity index (χ4n) is 4.02. The second-order valence-electron chi connectivity index (χ2n) is 6.66. The quantitative estimate of drug-likeness (QED) is 0.830. The summed E-state index contributed by atoms with van der Waals surface area (Å²) in [5.74, 6) is 1.82. The highest BCUT2D eigenvalue weighted by atomic mass is 16.1. The lowest BCUT2D eigenvalue weighted by Crippen LogP contribution is -2.51. The van der Waals surface area contributed by atoms with Crippen molar-refractivity contribution in [3.63, 3.8) is 0 Å². The summed E-state index contributed by atoms with van der Waals surface area (Å²) in [5, 5.41) is 3.14. The third-order valence-electron chi connectivity index (χ3n) is 4.71. The minimum Gasteiger partial charge on any atom is -0.352 e. The van der Waals surface area contributed by atoms with Crippen molar-refractivity contribution in [2.45, 2.75) is 64.8 Å². The minimum atomic E-state index is 0.128. The molecule has 110 valence electrons. The molecule has 0 aromatic rings. The molecule has 2 atom stereocenters. The molecule has 1 heterocycles. The fraction of sp³-hybridized carbons (Fsp3) is 0.938. The normalized spacial score (nSPS) is 29.6. The highest BCUT2D eigenvalue weighted by Gasteiger charge is 2.29. The molecule has 1 amide bonds. The van der Waals surface area contributed by atoms with Gasteiger partial charge >= 0.3 is 0 Å². The largest absolute Gasteiger partial charge is 0.352 e. The first-order chi connectivity index (χ1) is 9.17. The van der Waals surface area contributed by atoms with E-state index in [1.54, 1.807) is 6.92 Å². The van der Waals surface area contributed by atoms with E-state index in [2.05, 4.69) is 17.1 Å². The second-order valence-corrected chi connectivity index (χ2v) is 6.66. The van der Waals surface area contributed by atoms with Crippen LogP contribution in [0.25, 0.3) is 0 Å². The highest BCUT2D eigenvalue weighted by Crippen LogP contribution is 2.28. The van der Waals surface area contributed by atoms with Gasteiger partial charge in [0.2, 0.25) is 5.91 Å². The van der Waals surface area contributed by atoms with Crippen LogP contribution < -0.4 is 5.32 Å². The van der Waals surface area contributed by atoms with Gasteiger partial charge in [0.05, 0.1) is 0 Å². The third kappa shape index (κ3) is 4.79. The summed E-state index contributed by atoms with van der Waals surface area (Å²) >= 11 is 0. The molecule has 2 aliphatic rings. The maximum atomic E-state index is 11.3. The molecule has 2 fully saturated rings.